The molecule has 126 valence electrons. The Balaban J connectivity index is 1.58. The van der Waals surface area contributed by atoms with Crippen molar-refractivity contribution < 1.29 is 19.0 Å². The Hall–Kier alpha value is -1.27. The second-order valence-corrected chi connectivity index (χ2v) is 6.83. The highest BCUT2D eigenvalue weighted by molar-refractivity contribution is 9.10. The van der Waals surface area contributed by atoms with Gasteiger partial charge in [-0.25, -0.2) is 0 Å². The molecule has 23 heavy (non-hydrogen) atoms. The predicted octanol–water partition coefficient (Wildman–Crippen LogP) is 3.36. The first-order chi connectivity index (χ1) is 11.1. The molecule has 0 spiro atoms. The van der Waals surface area contributed by atoms with Crippen LogP contribution in [-0.4, -0.2) is 31.8 Å². The summed E-state index contributed by atoms with van der Waals surface area (Å²) in [6.07, 6.45) is 3.71. The Bertz CT molecular complexity index is 572. The minimum absolute atomic E-state index is 0.0507. The molecule has 0 saturated carbocycles. The van der Waals surface area contributed by atoms with E-state index in [9.17, 15) is 4.79 Å². The lowest BCUT2D eigenvalue weighted by Gasteiger charge is -2.22. The highest BCUT2D eigenvalue weighted by atomic mass is 79.9. The van der Waals surface area contributed by atoms with Crippen molar-refractivity contribution in [3.63, 3.8) is 0 Å². The van der Waals surface area contributed by atoms with E-state index in [1.54, 1.807) is 0 Å². The smallest absolute Gasteiger partial charge is 0.220 e. The molecular formula is C17H22BrNO4. The van der Waals surface area contributed by atoms with Crippen LogP contribution < -0.4 is 14.8 Å². The number of nitrogens with one attached hydrogen (secondary N) is 1. The molecule has 1 saturated heterocycles. The number of benzene rings is 1. The van der Waals surface area contributed by atoms with Gasteiger partial charge in [-0.3, -0.25) is 4.79 Å². The van der Waals surface area contributed by atoms with Gasteiger partial charge >= 0.3 is 0 Å². The van der Waals surface area contributed by atoms with Gasteiger partial charge in [0.05, 0.1) is 12.1 Å². The number of carbonyl (C=O) groups is 1. The first-order valence-electron chi connectivity index (χ1n) is 8.13. The summed E-state index contributed by atoms with van der Waals surface area (Å²) in [4.78, 5) is 12.1. The van der Waals surface area contributed by atoms with E-state index < -0.39 is 0 Å². The molecular weight excluding hydrogens is 362 g/mol. The molecule has 0 aliphatic carbocycles. The lowest BCUT2D eigenvalue weighted by molar-refractivity contribution is -0.122. The van der Waals surface area contributed by atoms with Gasteiger partial charge in [0.25, 0.3) is 0 Å². The number of fused-ring (bicyclic) bond motifs is 1. The molecule has 1 aromatic carbocycles. The fraction of sp³-hybridized carbons (Fsp3) is 0.588. The Morgan fingerprint density at radius 2 is 2.04 bits per heavy atom. The average Bonchev–Trinajstić information content (AvgIpc) is 3.05. The molecule has 2 atom stereocenters. The van der Waals surface area contributed by atoms with E-state index in [-0.39, 0.29) is 18.1 Å². The average molecular weight is 384 g/mol. The zero-order valence-corrected chi connectivity index (χ0v) is 14.9. The van der Waals surface area contributed by atoms with Crippen molar-refractivity contribution >= 4 is 21.8 Å². The molecule has 1 aromatic rings. The molecule has 0 aromatic heterocycles. The van der Waals surface area contributed by atoms with Gasteiger partial charge in [0.1, 0.15) is 13.2 Å². The van der Waals surface area contributed by atoms with Crippen LogP contribution in [0, 0.1) is 0 Å². The molecule has 0 radical (unpaired) electrons. The van der Waals surface area contributed by atoms with Crippen molar-refractivity contribution in [2.45, 2.75) is 44.8 Å². The van der Waals surface area contributed by atoms with E-state index in [0.29, 0.717) is 19.6 Å². The van der Waals surface area contributed by atoms with Crippen LogP contribution in [0.2, 0.25) is 0 Å². The number of rotatable bonds is 5. The van der Waals surface area contributed by atoms with Crippen LogP contribution in [0.3, 0.4) is 0 Å². The van der Waals surface area contributed by atoms with Crippen LogP contribution in [0.15, 0.2) is 16.6 Å². The van der Waals surface area contributed by atoms with Gasteiger partial charge in [0, 0.05) is 17.5 Å². The number of ether oxygens (including phenoxy) is 3. The second kappa shape index (κ2) is 7.53. The summed E-state index contributed by atoms with van der Waals surface area (Å²) < 4.78 is 17.6. The summed E-state index contributed by atoms with van der Waals surface area (Å²) in [6.45, 7) is 3.91. The van der Waals surface area contributed by atoms with Gasteiger partial charge in [-0.1, -0.05) is 15.9 Å². The number of amides is 1. The lowest BCUT2D eigenvalue weighted by atomic mass is 10.1. The highest BCUT2D eigenvalue weighted by Gasteiger charge is 2.20. The minimum Gasteiger partial charge on any atom is -0.486 e. The van der Waals surface area contributed by atoms with Crippen LogP contribution in [0.4, 0.5) is 0 Å². The third-order valence-corrected chi connectivity index (χ3v) is 4.91. The maximum absolute atomic E-state index is 12.1. The second-order valence-electron chi connectivity index (χ2n) is 5.98. The normalized spacial score (nSPS) is 21.0. The quantitative estimate of drug-likeness (QED) is 0.846. The number of hydrogen-bond acceptors (Lipinski definition) is 4. The summed E-state index contributed by atoms with van der Waals surface area (Å²) in [6, 6.07) is 3.74. The summed E-state index contributed by atoms with van der Waals surface area (Å²) >= 11 is 3.55. The maximum atomic E-state index is 12.1. The van der Waals surface area contributed by atoms with Crippen LogP contribution in [-0.2, 0) is 9.53 Å². The Kier molecular flexibility index (Phi) is 5.43. The zero-order chi connectivity index (χ0) is 16.2. The maximum Gasteiger partial charge on any atom is 0.220 e. The van der Waals surface area contributed by atoms with Crippen molar-refractivity contribution in [1.82, 2.24) is 5.32 Å². The first-order valence-corrected chi connectivity index (χ1v) is 8.93. The van der Waals surface area contributed by atoms with Gasteiger partial charge in [0.2, 0.25) is 5.91 Å². The molecule has 6 heteroatoms. The van der Waals surface area contributed by atoms with Gasteiger partial charge in [-0.05, 0) is 43.9 Å². The van der Waals surface area contributed by atoms with Crippen molar-refractivity contribution in [3.05, 3.63) is 22.2 Å². The van der Waals surface area contributed by atoms with Crippen LogP contribution in [0.25, 0.3) is 0 Å². The predicted molar refractivity (Wildman–Crippen MR) is 89.9 cm³/mol. The third-order valence-electron chi connectivity index (χ3n) is 4.22. The third kappa shape index (κ3) is 4.18. The standard InChI is InChI=1S/C17H22BrNO4/c1-11(19-17(20)5-4-12-3-2-6-21-12)13-9-15-16(10-14(13)18)23-8-7-22-15/h9-12H,2-8H2,1H3,(H,19,20). The zero-order valence-electron chi connectivity index (χ0n) is 13.3. The monoisotopic (exact) mass is 383 g/mol. The molecule has 3 rings (SSSR count). The largest absolute Gasteiger partial charge is 0.486 e. The number of carbonyl (C=O) groups excluding carboxylic acids is 1. The number of halogens is 1. The summed E-state index contributed by atoms with van der Waals surface area (Å²) in [5.41, 5.74) is 0.986. The van der Waals surface area contributed by atoms with Crippen molar-refractivity contribution in [1.29, 1.82) is 0 Å². The van der Waals surface area contributed by atoms with Gasteiger partial charge in [0.15, 0.2) is 11.5 Å². The molecule has 0 bridgehead atoms. The van der Waals surface area contributed by atoms with Gasteiger partial charge in [-0.15, -0.1) is 0 Å². The fourth-order valence-electron chi connectivity index (χ4n) is 2.97. The summed E-state index contributed by atoms with van der Waals surface area (Å²) in [5, 5.41) is 3.05. The molecule has 5 nitrogen and oxygen atoms in total. The van der Waals surface area contributed by atoms with Crippen LogP contribution >= 0.6 is 15.9 Å². The van der Waals surface area contributed by atoms with Crippen LogP contribution in [0.1, 0.15) is 44.2 Å². The molecule has 2 heterocycles. The van der Waals surface area contributed by atoms with Crippen molar-refractivity contribution in [2.24, 2.45) is 0 Å². The Morgan fingerprint density at radius 3 is 2.74 bits per heavy atom. The van der Waals surface area contributed by atoms with E-state index in [1.165, 1.54) is 0 Å². The molecule has 2 aliphatic heterocycles. The summed E-state index contributed by atoms with van der Waals surface area (Å²) in [7, 11) is 0. The van der Waals surface area contributed by atoms with E-state index in [2.05, 4.69) is 21.2 Å². The van der Waals surface area contributed by atoms with Crippen molar-refractivity contribution in [2.75, 3.05) is 19.8 Å². The van der Waals surface area contributed by atoms with Crippen molar-refractivity contribution in [3.8, 4) is 11.5 Å². The highest BCUT2D eigenvalue weighted by Crippen LogP contribution is 2.37. The topological polar surface area (TPSA) is 56.8 Å². The van der Waals surface area contributed by atoms with E-state index >= 15 is 0 Å². The SMILES string of the molecule is CC(NC(=O)CCC1CCCO1)c1cc2c(cc1Br)OCCO2. The van der Waals surface area contributed by atoms with E-state index in [0.717, 1.165) is 47.4 Å². The summed E-state index contributed by atoms with van der Waals surface area (Å²) in [5.74, 6) is 1.52. The van der Waals surface area contributed by atoms with Crippen LogP contribution in [0.5, 0.6) is 11.5 Å². The van der Waals surface area contributed by atoms with Gasteiger partial charge < -0.3 is 19.5 Å². The Morgan fingerprint density at radius 1 is 1.30 bits per heavy atom. The molecule has 2 aliphatic rings. The minimum atomic E-state index is -0.0998. The van der Waals surface area contributed by atoms with E-state index in [4.69, 9.17) is 14.2 Å². The molecule has 1 amide bonds. The number of hydrogen-bond donors (Lipinski definition) is 1. The molecule has 2 unspecified atom stereocenters. The fourth-order valence-corrected chi connectivity index (χ4v) is 3.63. The molecule has 1 N–H and O–H groups in total. The first kappa shape index (κ1) is 16.6. The van der Waals surface area contributed by atoms with E-state index in [1.807, 2.05) is 19.1 Å². The Labute approximate surface area is 144 Å². The lowest BCUT2D eigenvalue weighted by Crippen LogP contribution is -2.27. The molecule has 1 fully saturated rings. The van der Waals surface area contributed by atoms with Gasteiger partial charge in [-0.2, -0.15) is 0 Å².